The van der Waals surface area contributed by atoms with E-state index in [1.807, 2.05) is 25.1 Å². The first-order chi connectivity index (χ1) is 13.5. The SMILES string of the molecule is Cc1ccc(-n2ncc3c(NNC(=O)c4ccc(O)cc4)ncnc32)cc1C. The molecule has 8 heteroatoms. The van der Waals surface area contributed by atoms with Gasteiger partial charge in [-0.2, -0.15) is 5.10 Å². The van der Waals surface area contributed by atoms with Crippen molar-refractivity contribution in [2.75, 3.05) is 5.43 Å². The molecule has 0 aliphatic carbocycles. The number of phenols is 1. The Balaban J connectivity index is 1.60. The Morgan fingerprint density at radius 3 is 2.57 bits per heavy atom. The number of hydrogen-bond donors (Lipinski definition) is 3. The number of carbonyl (C=O) groups excluding carboxylic acids is 1. The number of aromatic nitrogens is 4. The fourth-order valence-corrected chi connectivity index (χ4v) is 2.79. The van der Waals surface area contributed by atoms with Crippen LogP contribution in [-0.4, -0.2) is 30.8 Å². The van der Waals surface area contributed by atoms with Crippen LogP contribution in [0.4, 0.5) is 5.82 Å². The largest absolute Gasteiger partial charge is 0.508 e. The molecule has 0 saturated heterocycles. The highest BCUT2D eigenvalue weighted by molar-refractivity contribution is 5.96. The Morgan fingerprint density at radius 1 is 1.04 bits per heavy atom. The number of fused-ring (bicyclic) bond motifs is 1. The van der Waals surface area contributed by atoms with E-state index >= 15 is 0 Å². The fraction of sp³-hybridized carbons (Fsp3) is 0.100. The van der Waals surface area contributed by atoms with Gasteiger partial charge < -0.3 is 5.11 Å². The van der Waals surface area contributed by atoms with Gasteiger partial charge in [0.15, 0.2) is 11.5 Å². The lowest BCUT2D eigenvalue weighted by atomic mass is 10.1. The molecule has 1 amide bonds. The zero-order chi connectivity index (χ0) is 19.7. The standard InChI is InChI=1S/C20H18N6O2/c1-12-3-6-15(9-13(12)2)26-19-17(10-23-26)18(21-11-22-19)24-25-20(28)14-4-7-16(27)8-5-14/h3-11,27H,1-2H3,(H,25,28)(H,21,22,24). The molecule has 2 aromatic heterocycles. The summed E-state index contributed by atoms with van der Waals surface area (Å²) in [5.74, 6) is 0.182. The number of carbonyl (C=O) groups is 1. The van der Waals surface area contributed by atoms with E-state index in [-0.39, 0.29) is 11.7 Å². The number of hydrazine groups is 1. The summed E-state index contributed by atoms with van der Waals surface area (Å²) in [6.07, 6.45) is 3.07. The second-order valence-corrected chi connectivity index (χ2v) is 6.41. The lowest BCUT2D eigenvalue weighted by Gasteiger charge is -2.09. The molecule has 8 nitrogen and oxygen atoms in total. The van der Waals surface area contributed by atoms with Gasteiger partial charge in [-0.3, -0.25) is 15.6 Å². The van der Waals surface area contributed by atoms with Crippen molar-refractivity contribution in [3.63, 3.8) is 0 Å². The van der Waals surface area contributed by atoms with E-state index in [1.54, 1.807) is 10.9 Å². The van der Waals surface area contributed by atoms with Crippen molar-refractivity contribution in [3.05, 3.63) is 71.7 Å². The molecule has 2 aromatic carbocycles. The topological polar surface area (TPSA) is 105 Å². The predicted molar refractivity (Wildman–Crippen MR) is 105 cm³/mol. The van der Waals surface area contributed by atoms with Crippen LogP contribution in [0.2, 0.25) is 0 Å². The third-order valence-electron chi connectivity index (χ3n) is 4.52. The number of rotatable bonds is 4. The highest BCUT2D eigenvalue weighted by Gasteiger charge is 2.13. The van der Waals surface area contributed by atoms with Gasteiger partial charge in [-0.05, 0) is 61.4 Å². The van der Waals surface area contributed by atoms with Crippen LogP contribution in [0, 0.1) is 13.8 Å². The molecule has 4 rings (SSSR count). The molecule has 3 N–H and O–H groups in total. The zero-order valence-electron chi connectivity index (χ0n) is 15.3. The average Bonchev–Trinajstić information content (AvgIpc) is 3.13. The number of benzene rings is 2. The van der Waals surface area contributed by atoms with E-state index in [4.69, 9.17) is 0 Å². The van der Waals surface area contributed by atoms with Gasteiger partial charge in [0.25, 0.3) is 5.91 Å². The van der Waals surface area contributed by atoms with Crippen LogP contribution in [0.15, 0.2) is 55.0 Å². The quantitative estimate of drug-likeness (QED) is 0.475. The van der Waals surface area contributed by atoms with Gasteiger partial charge in [-0.15, -0.1) is 0 Å². The molecular formula is C20H18N6O2. The van der Waals surface area contributed by atoms with Crippen molar-refractivity contribution < 1.29 is 9.90 Å². The van der Waals surface area contributed by atoms with E-state index in [0.29, 0.717) is 22.4 Å². The molecule has 140 valence electrons. The third-order valence-corrected chi connectivity index (χ3v) is 4.52. The van der Waals surface area contributed by atoms with Crippen LogP contribution >= 0.6 is 0 Å². The number of aryl methyl sites for hydroxylation is 2. The lowest BCUT2D eigenvalue weighted by Crippen LogP contribution is -2.29. The minimum atomic E-state index is -0.353. The first-order valence-electron chi connectivity index (χ1n) is 8.64. The number of nitrogens with one attached hydrogen (secondary N) is 2. The van der Waals surface area contributed by atoms with Crippen LogP contribution in [0.5, 0.6) is 5.75 Å². The summed E-state index contributed by atoms with van der Waals surface area (Å²) in [6.45, 7) is 4.10. The maximum atomic E-state index is 12.2. The second kappa shape index (κ2) is 6.99. The first kappa shape index (κ1) is 17.5. The van der Waals surface area contributed by atoms with Gasteiger partial charge in [0.1, 0.15) is 12.1 Å². The summed E-state index contributed by atoms with van der Waals surface area (Å²) in [5.41, 5.74) is 9.71. The van der Waals surface area contributed by atoms with Gasteiger partial charge in [0.2, 0.25) is 0 Å². The van der Waals surface area contributed by atoms with E-state index in [9.17, 15) is 9.90 Å². The van der Waals surface area contributed by atoms with E-state index < -0.39 is 0 Å². The summed E-state index contributed by atoms with van der Waals surface area (Å²) >= 11 is 0. The summed E-state index contributed by atoms with van der Waals surface area (Å²) < 4.78 is 1.73. The minimum absolute atomic E-state index is 0.0979. The second-order valence-electron chi connectivity index (χ2n) is 6.41. The molecule has 4 aromatic rings. The van der Waals surface area contributed by atoms with Crippen LogP contribution in [0.3, 0.4) is 0 Å². The molecule has 28 heavy (non-hydrogen) atoms. The summed E-state index contributed by atoms with van der Waals surface area (Å²) in [5, 5.41) is 14.4. The minimum Gasteiger partial charge on any atom is -0.508 e. The summed E-state index contributed by atoms with van der Waals surface area (Å²) in [4.78, 5) is 20.8. The van der Waals surface area contributed by atoms with Crippen molar-refractivity contribution >= 4 is 22.8 Å². The Kier molecular flexibility index (Phi) is 4.36. The van der Waals surface area contributed by atoms with Gasteiger partial charge in [-0.1, -0.05) is 6.07 Å². The molecule has 0 fully saturated rings. The van der Waals surface area contributed by atoms with Gasteiger partial charge in [0.05, 0.1) is 17.3 Å². The number of amides is 1. The molecule has 2 heterocycles. The molecular weight excluding hydrogens is 356 g/mol. The van der Waals surface area contributed by atoms with E-state index in [1.165, 1.54) is 36.2 Å². The normalized spacial score (nSPS) is 10.8. The molecule has 0 saturated carbocycles. The Morgan fingerprint density at radius 2 is 1.82 bits per heavy atom. The molecule has 0 unspecified atom stereocenters. The summed E-state index contributed by atoms with van der Waals surface area (Å²) in [6, 6.07) is 12.0. The molecule has 0 spiro atoms. The van der Waals surface area contributed by atoms with Crippen molar-refractivity contribution in [1.82, 2.24) is 25.2 Å². The van der Waals surface area contributed by atoms with Crippen molar-refractivity contribution in [3.8, 4) is 11.4 Å². The van der Waals surface area contributed by atoms with Crippen LogP contribution in [-0.2, 0) is 0 Å². The number of phenolic OH excluding ortho intramolecular Hbond substituents is 1. The Hall–Kier alpha value is -3.94. The van der Waals surface area contributed by atoms with Crippen molar-refractivity contribution in [1.29, 1.82) is 0 Å². The maximum absolute atomic E-state index is 12.2. The third kappa shape index (κ3) is 3.23. The van der Waals surface area contributed by atoms with Gasteiger partial charge in [0, 0.05) is 5.56 Å². The summed E-state index contributed by atoms with van der Waals surface area (Å²) in [7, 11) is 0. The molecule has 0 bridgehead atoms. The number of anilines is 1. The van der Waals surface area contributed by atoms with Crippen LogP contribution in [0.1, 0.15) is 21.5 Å². The average molecular weight is 374 g/mol. The molecule has 0 aliphatic rings. The lowest BCUT2D eigenvalue weighted by molar-refractivity contribution is 0.0962. The smallest absolute Gasteiger partial charge is 0.269 e. The van der Waals surface area contributed by atoms with E-state index in [0.717, 1.165) is 11.3 Å². The zero-order valence-corrected chi connectivity index (χ0v) is 15.3. The first-order valence-corrected chi connectivity index (χ1v) is 8.64. The fourth-order valence-electron chi connectivity index (χ4n) is 2.79. The monoisotopic (exact) mass is 374 g/mol. The maximum Gasteiger partial charge on any atom is 0.269 e. The Bertz CT molecular complexity index is 1170. The van der Waals surface area contributed by atoms with Crippen molar-refractivity contribution in [2.45, 2.75) is 13.8 Å². The molecule has 0 radical (unpaired) electrons. The molecule has 0 atom stereocenters. The van der Waals surface area contributed by atoms with Gasteiger partial charge >= 0.3 is 0 Å². The van der Waals surface area contributed by atoms with Crippen LogP contribution in [0.25, 0.3) is 16.7 Å². The number of aromatic hydroxyl groups is 1. The highest BCUT2D eigenvalue weighted by Crippen LogP contribution is 2.22. The number of nitrogens with zero attached hydrogens (tertiary/aromatic N) is 4. The molecule has 0 aliphatic heterocycles. The number of hydrogen-bond acceptors (Lipinski definition) is 6. The van der Waals surface area contributed by atoms with Gasteiger partial charge in [-0.25, -0.2) is 14.6 Å². The Labute approximate surface area is 160 Å². The van der Waals surface area contributed by atoms with Crippen LogP contribution < -0.4 is 10.9 Å². The predicted octanol–water partition coefficient (Wildman–Crippen LogP) is 2.89. The highest BCUT2D eigenvalue weighted by atomic mass is 16.3. The van der Waals surface area contributed by atoms with Crippen molar-refractivity contribution in [2.24, 2.45) is 0 Å². The van der Waals surface area contributed by atoms with E-state index in [2.05, 4.69) is 32.8 Å².